The highest BCUT2D eigenvalue weighted by Crippen LogP contribution is 2.32. The van der Waals surface area contributed by atoms with Crippen LogP contribution >= 0.6 is 0 Å². The molecule has 1 aliphatic heterocycles. The van der Waals surface area contributed by atoms with Gasteiger partial charge in [-0.1, -0.05) is 12.1 Å². The van der Waals surface area contributed by atoms with E-state index in [1.807, 2.05) is 37.3 Å². The zero-order chi connectivity index (χ0) is 26.2. The lowest BCUT2D eigenvalue weighted by molar-refractivity contribution is 0.0303. The highest BCUT2D eigenvalue weighted by atomic mass is 19.1. The SMILES string of the molecule is CCOCc1nc2c(N)nc3cc(-c4cccc(C(=O)N5CCOCC5)c4)cnc3c2n1CC(C)(C)F. The predicted molar refractivity (Wildman–Crippen MR) is 140 cm³/mol. The van der Waals surface area contributed by atoms with Gasteiger partial charge in [-0.3, -0.25) is 9.78 Å². The maximum atomic E-state index is 14.8. The molecule has 0 spiro atoms. The van der Waals surface area contributed by atoms with Gasteiger partial charge in [0.15, 0.2) is 5.82 Å². The first-order valence-corrected chi connectivity index (χ1v) is 12.4. The fraction of sp³-hybridized carbons (Fsp3) is 0.407. The Hall–Kier alpha value is -3.63. The topological polar surface area (TPSA) is 108 Å². The van der Waals surface area contributed by atoms with Crippen molar-refractivity contribution in [3.05, 3.63) is 47.9 Å². The molecule has 37 heavy (non-hydrogen) atoms. The summed E-state index contributed by atoms with van der Waals surface area (Å²) >= 11 is 0. The summed E-state index contributed by atoms with van der Waals surface area (Å²) in [5, 5.41) is 0. The van der Waals surface area contributed by atoms with Gasteiger partial charge in [-0.15, -0.1) is 0 Å². The first-order chi connectivity index (χ1) is 17.7. The van der Waals surface area contributed by atoms with E-state index in [1.54, 1.807) is 15.7 Å². The van der Waals surface area contributed by atoms with Crippen molar-refractivity contribution >= 4 is 33.8 Å². The maximum Gasteiger partial charge on any atom is 0.254 e. The minimum absolute atomic E-state index is 0.0254. The molecule has 0 aliphatic carbocycles. The number of anilines is 1. The van der Waals surface area contributed by atoms with Crippen LogP contribution in [0.25, 0.3) is 33.2 Å². The fourth-order valence-electron chi connectivity index (χ4n) is 4.61. The fourth-order valence-corrected chi connectivity index (χ4v) is 4.61. The predicted octanol–water partition coefficient (Wildman–Crippen LogP) is 3.99. The largest absolute Gasteiger partial charge is 0.382 e. The number of ether oxygens (including phenoxy) is 2. The summed E-state index contributed by atoms with van der Waals surface area (Å²) in [6.45, 7) is 7.98. The number of nitrogens with zero attached hydrogens (tertiary/aromatic N) is 5. The number of imidazole rings is 1. The number of nitrogen functional groups attached to an aromatic ring is 1. The number of carbonyl (C=O) groups is 1. The van der Waals surface area contributed by atoms with Gasteiger partial charge in [0.1, 0.15) is 34.7 Å². The molecule has 194 valence electrons. The van der Waals surface area contributed by atoms with Crippen LogP contribution in [0.4, 0.5) is 10.2 Å². The number of amides is 1. The van der Waals surface area contributed by atoms with Gasteiger partial charge in [0, 0.05) is 37.0 Å². The Morgan fingerprint density at radius 2 is 1.95 bits per heavy atom. The van der Waals surface area contributed by atoms with E-state index < -0.39 is 5.67 Å². The average Bonchev–Trinajstić information content (AvgIpc) is 3.24. The molecule has 4 heterocycles. The molecule has 1 aliphatic rings. The summed E-state index contributed by atoms with van der Waals surface area (Å²) < 4.78 is 27.5. The Balaban J connectivity index is 1.58. The van der Waals surface area contributed by atoms with Crippen molar-refractivity contribution in [1.29, 1.82) is 0 Å². The van der Waals surface area contributed by atoms with Gasteiger partial charge in [-0.25, -0.2) is 14.4 Å². The Kier molecular flexibility index (Phi) is 6.78. The van der Waals surface area contributed by atoms with E-state index in [0.29, 0.717) is 66.4 Å². The molecule has 1 aromatic carbocycles. The van der Waals surface area contributed by atoms with E-state index in [0.717, 1.165) is 11.1 Å². The molecule has 1 saturated heterocycles. The molecule has 0 unspecified atom stereocenters. The second kappa shape index (κ2) is 10.0. The molecule has 0 saturated carbocycles. The van der Waals surface area contributed by atoms with Gasteiger partial charge in [0.05, 0.1) is 25.3 Å². The third kappa shape index (κ3) is 5.12. The Morgan fingerprint density at radius 3 is 2.68 bits per heavy atom. The van der Waals surface area contributed by atoms with Crippen LogP contribution in [0.2, 0.25) is 0 Å². The molecule has 5 rings (SSSR count). The molecule has 0 bridgehead atoms. The highest BCUT2D eigenvalue weighted by Gasteiger charge is 2.25. The standard InChI is InChI=1S/C27H31FN6O3/c1-4-36-15-21-32-23-24(34(21)16-27(2,3)28)22-20(31-25(23)29)13-19(14-30-22)17-6-5-7-18(12-17)26(35)33-8-10-37-11-9-33/h5-7,12-14H,4,8-11,15-16H2,1-3H3,(H2,29,31). The van der Waals surface area contributed by atoms with Crippen LogP contribution in [-0.2, 0) is 22.6 Å². The number of carbonyl (C=O) groups excluding carboxylic acids is 1. The van der Waals surface area contributed by atoms with Crippen molar-refractivity contribution < 1.29 is 18.7 Å². The number of benzene rings is 1. The molecule has 4 aromatic rings. The normalized spacial score (nSPS) is 14.5. The molecule has 3 aromatic heterocycles. The van der Waals surface area contributed by atoms with Crippen LogP contribution in [0.3, 0.4) is 0 Å². The number of morpholine rings is 1. The first kappa shape index (κ1) is 25.0. The summed E-state index contributed by atoms with van der Waals surface area (Å²) in [4.78, 5) is 28.7. The molecule has 2 N–H and O–H groups in total. The quantitative estimate of drug-likeness (QED) is 0.404. The van der Waals surface area contributed by atoms with Gasteiger partial charge in [-0.05, 0) is 44.5 Å². The van der Waals surface area contributed by atoms with E-state index in [2.05, 4.69) is 9.97 Å². The van der Waals surface area contributed by atoms with Crippen molar-refractivity contribution in [3.8, 4) is 11.1 Å². The minimum atomic E-state index is -1.49. The third-order valence-electron chi connectivity index (χ3n) is 6.33. The van der Waals surface area contributed by atoms with Crippen molar-refractivity contribution in [2.24, 2.45) is 0 Å². The van der Waals surface area contributed by atoms with Crippen molar-refractivity contribution in [1.82, 2.24) is 24.4 Å². The van der Waals surface area contributed by atoms with Crippen LogP contribution < -0.4 is 5.73 Å². The highest BCUT2D eigenvalue weighted by molar-refractivity contribution is 6.05. The minimum Gasteiger partial charge on any atom is -0.382 e. The summed E-state index contributed by atoms with van der Waals surface area (Å²) in [5.41, 5.74) is 9.31. The van der Waals surface area contributed by atoms with E-state index in [4.69, 9.17) is 20.2 Å². The Morgan fingerprint density at radius 1 is 1.16 bits per heavy atom. The summed E-state index contributed by atoms with van der Waals surface area (Å²) in [6.07, 6.45) is 1.73. The van der Waals surface area contributed by atoms with Crippen LogP contribution in [0.15, 0.2) is 36.5 Å². The van der Waals surface area contributed by atoms with E-state index >= 15 is 0 Å². The number of rotatable bonds is 7. The molecule has 0 atom stereocenters. The van der Waals surface area contributed by atoms with E-state index in [-0.39, 0.29) is 24.9 Å². The number of alkyl halides is 1. The van der Waals surface area contributed by atoms with Crippen molar-refractivity contribution in [2.45, 2.75) is 39.6 Å². The number of fused-ring (bicyclic) bond motifs is 3. The molecule has 1 fully saturated rings. The number of hydrogen-bond donors (Lipinski definition) is 1. The first-order valence-electron chi connectivity index (χ1n) is 12.4. The van der Waals surface area contributed by atoms with Crippen LogP contribution in [0, 0.1) is 0 Å². The molecular formula is C27H31FN6O3. The number of hydrogen-bond acceptors (Lipinski definition) is 7. The molecule has 9 nitrogen and oxygen atoms in total. The van der Waals surface area contributed by atoms with Gasteiger partial charge in [-0.2, -0.15) is 0 Å². The number of halogens is 1. The summed E-state index contributed by atoms with van der Waals surface area (Å²) in [5.74, 6) is 0.789. The van der Waals surface area contributed by atoms with Crippen LogP contribution in [0.5, 0.6) is 0 Å². The number of nitrogens with two attached hydrogens (primary N) is 1. The van der Waals surface area contributed by atoms with E-state index in [9.17, 15) is 9.18 Å². The van der Waals surface area contributed by atoms with Gasteiger partial charge in [0.2, 0.25) is 0 Å². The van der Waals surface area contributed by atoms with Gasteiger partial charge >= 0.3 is 0 Å². The van der Waals surface area contributed by atoms with E-state index in [1.165, 1.54) is 13.8 Å². The second-order valence-corrected chi connectivity index (χ2v) is 9.74. The Labute approximate surface area is 214 Å². The second-order valence-electron chi connectivity index (χ2n) is 9.74. The lowest BCUT2D eigenvalue weighted by atomic mass is 10.0. The van der Waals surface area contributed by atoms with Gasteiger partial charge < -0.3 is 24.7 Å². The van der Waals surface area contributed by atoms with Crippen molar-refractivity contribution in [2.75, 3.05) is 38.6 Å². The summed E-state index contributed by atoms with van der Waals surface area (Å²) in [7, 11) is 0. The monoisotopic (exact) mass is 506 g/mol. The molecule has 10 heteroatoms. The lowest BCUT2D eigenvalue weighted by Crippen LogP contribution is -2.40. The lowest BCUT2D eigenvalue weighted by Gasteiger charge is -2.27. The van der Waals surface area contributed by atoms with Crippen molar-refractivity contribution in [3.63, 3.8) is 0 Å². The van der Waals surface area contributed by atoms with Gasteiger partial charge in [0.25, 0.3) is 5.91 Å². The third-order valence-corrected chi connectivity index (χ3v) is 6.33. The average molecular weight is 507 g/mol. The number of aromatic nitrogens is 4. The molecule has 0 radical (unpaired) electrons. The summed E-state index contributed by atoms with van der Waals surface area (Å²) in [6, 6.07) is 9.34. The van der Waals surface area contributed by atoms with Crippen LogP contribution in [-0.4, -0.2) is 68.9 Å². The zero-order valence-electron chi connectivity index (χ0n) is 21.3. The zero-order valence-corrected chi connectivity index (χ0v) is 21.3. The molecule has 1 amide bonds. The maximum absolute atomic E-state index is 14.8. The molecular weight excluding hydrogens is 475 g/mol. The number of pyridine rings is 2. The van der Waals surface area contributed by atoms with Crippen LogP contribution in [0.1, 0.15) is 37.0 Å². The Bertz CT molecular complexity index is 1460. The smallest absolute Gasteiger partial charge is 0.254 e.